The molecule has 0 aliphatic heterocycles. The zero-order valence-electron chi connectivity index (χ0n) is 16.9. The molecule has 5 heteroatoms. The van der Waals surface area contributed by atoms with E-state index in [4.69, 9.17) is 12.2 Å². The molecule has 0 aliphatic carbocycles. The summed E-state index contributed by atoms with van der Waals surface area (Å²) in [6.07, 6.45) is 1.55. The number of aryl methyl sites for hydroxylation is 4. The van der Waals surface area contributed by atoms with E-state index in [2.05, 4.69) is 60.7 Å². The fraction of sp³-hybridized carbons (Fsp3) is 0.304. The number of H-pyrrole nitrogens is 1. The maximum atomic E-state index is 12.5. The van der Waals surface area contributed by atoms with E-state index in [1.807, 2.05) is 19.1 Å². The van der Waals surface area contributed by atoms with Crippen molar-refractivity contribution < 1.29 is 0 Å². The van der Waals surface area contributed by atoms with Gasteiger partial charge in [0.2, 0.25) is 0 Å². The standard InChI is InChI=1S/C23H27N3OS/c1-5-17-8-6-7-15(3)20(17)26-23(28)24-12-11-18-13-19-14(2)9-10-16(4)21(19)25-22(18)27/h6-10,13H,5,11-12H2,1-4H3,(H,25,27)(H2,24,26,28). The first kappa shape index (κ1) is 20.1. The van der Waals surface area contributed by atoms with E-state index < -0.39 is 0 Å². The van der Waals surface area contributed by atoms with E-state index >= 15 is 0 Å². The zero-order chi connectivity index (χ0) is 20.3. The summed E-state index contributed by atoms with van der Waals surface area (Å²) in [4.78, 5) is 15.5. The first-order valence-electron chi connectivity index (χ1n) is 9.66. The molecule has 4 nitrogen and oxygen atoms in total. The molecule has 0 bridgehead atoms. The molecule has 3 N–H and O–H groups in total. The van der Waals surface area contributed by atoms with Crippen molar-refractivity contribution in [2.75, 3.05) is 11.9 Å². The minimum absolute atomic E-state index is 0.0333. The molecule has 3 rings (SSSR count). The fourth-order valence-electron chi connectivity index (χ4n) is 3.47. The van der Waals surface area contributed by atoms with Crippen molar-refractivity contribution in [1.82, 2.24) is 10.3 Å². The zero-order valence-corrected chi connectivity index (χ0v) is 17.7. The molecule has 3 aromatic rings. The number of pyridine rings is 1. The van der Waals surface area contributed by atoms with Gasteiger partial charge in [-0.05, 0) is 74.2 Å². The van der Waals surface area contributed by atoms with Crippen LogP contribution in [0.3, 0.4) is 0 Å². The van der Waals surface area contributed by atoms with Gasteiger partial charge in [0.05, 0.1) is 5.52 Å². The second-order valence-electron chi connectivity index (χ2n) is 7.21. The average Bonchev–Trinajstić information content (AvgIpc) is 2.67. The van der Waals surface area contributed by atoms with Gasteiger partial charge in [0, 0.05) is 23.2 Å². The van der Waals surface area contributed by atoms with Crippen LogP contribution in [0.25, 0.3) is 10.9 Å². The van der Waals surface area contributed by atoms with Crippen molar-refractivity contribution in [2.45, 2.75) is 40.5 Å². The number of fused-ring (bicyclic) bond motifs is 1. The summed E-state index contributed by atoms with van der Waals surface area (Å²) in [5.74, 6) is 0. The number of thiocarbonyl (C=S) groups is 1. The van der Waals surface area contributed by atoms with Crippen LogP contribution in [0.4, 0.5) is 5.69 Å². The number of aromatic amines is 1. The Morgan fingerprint density at radius 2 is 1.79 bits per heavy atom. The van der Waals surface area contributed by atoms with Crippen molar-refractivity contribution in [3.8, 4) is 0 Å². The highest BCUT2D eigenvalue weighted by atomic mass is 32.1. The normalized spacial score (nSPS) is 10.9. The van der Waals surface area contributed by atoms with E-state index in [9.17, 15) is 4.79 Å². The van der Waals surface area contributed by atoms with Crippen LogP contribution >= 0.6 is 12.2 Å². The molecular weight excluding hydrogens is 366 g/mol. The molecular formula is C23H27N3OS. The number of hydrogen-bond donors (Lipinski definition) is 3. The van der Waals surface area contributed by atoms with Gasteiger partial charge in [-0.1, -0.05) is 37.3 Å². The highest BCUT2D eigenvalue weighted by Crippen LogP contribution is 2.21. The van der Waals surface area contributed by atoms with E-state index in [1.165, 1.54) is 11.1 Å². The Kier molecular flexibility index (Phi) is 6.15. The summed E-state index contributed by atoms with van der Waals surface area (Å²) >= 11 is 5.46. The molecule has 0 unspecified atom stereocenters. The van der Waals surface area contributed by atoms with Crippen molar-refractivity contribution in [3.63, 3.8) is 0 Å². The molecule has 146 valence electrons. The second kappa shape index (κ2) is 8.57. The largest absolute Gasteiger partial charge is 0.362 e. The van der Waals surface area contributed by atoms with Gasteiger partial charge < -0.3 is 15.6 Å². The lowest BCUT2D eigenvalue weighted by atomic mass is 10.0. The van der Waals surface area contributed by atoms with E-state index in [1.54, 1.807) is 0 Å². The number of para-hydroxylation sites is 1. The molecule has 0 saturated heterocycles. The summed E-state index contributed by atoms with van der Waals surface area (Å²) < 4.78 is 0. The topological polar surface area (TPSA) is 56.9 Å². The van der Waals surface area contributed by atoms with Crippen LogP contribution in [0, 0.1) is 20.8 Å². The summed E-state index contributed by atoms with van der Waals surface area (Å²) in [5.41, 5.74) is 7.37. The lowest BCUT2D eigenvalue weighted by Crippen LogP contribution is -2.31. The van der Waals surface area contributed by atoms with Crippen molar-refractivity contribution in [1.29, 1.82) is 0 Å². The molecule has 0 fully saturated rings. The monoisotopic (exact) mass is 393 g/mol. The Balaban J connectivity index is 1.69. The Labute approximate surface area is 171 Å². The number of nitrogens with one attached hydrogen (secondary N) is 3. The van der Waals surface area contributed by atoms with Crippen LogP contribution in [0.5, 0.6) is 0 Å². The first-order valence-corrected chi connectivity index (χ1v) is 10.1. The molecule has 0 radical (unpaired) electrons. The number of hydrogen-bond acceptors (Lipinski definition) is 2. The van der Waals surface area contributed by atoms with E-state index in [0.717, 1.165) is 39.7 Å². The smallest absolute Gasteiger partial charge is 0.251 e. The van der Waals surface area contributed by atoms with Crippen molar-refractivity contribution >= 4 is 33.9 Å². The van der Waals surface area contributed by atoms with Gasteiger partial charge in [-0.25, -0.2) is 0 Å². The number of aromatic nitrogens is 1. The highest BCUT2D eigenvalue weighted by molar-refractivity contribution is 7.80. The van der Waals surface area contributed by atoms with Gasteiger partial charge in [-0.3, -0.25) is 4.79 Å². The average molecular weight is 394 g/mol. The van der Waals surface area contributed by atoms with Crippen molar-refractivity contribution in [2.24, 2.45) is 0 Å². The Morgan fingerprint density at radius 3 is 2.54 bits per heavy atom. The Hall–Kier alpha value is -2.66. The summed E-state index contributed by atoms with van der Waals surface area (Å²) in [6.45, 7) is 8.88. The minimum Gasteiger partial charge on any atom is -0.362 e. The minimum atomic E-state index is -0.0333. The number of benzene rings is 2. The van der Waals surface area contributed by atoms with Crippen LogP contribution in [0.15, 0.2) is 41.2 Å². The summed E-state index contributed by atoms with van der Waals surface area (Å²) in [5, 5.41) is 8.22. The number of anilines is 1. The van der Waals surface area contributed by atoms with Crippen LogP contribution in [0.1, 0.15) is 34.7 Å². The molecule has 0 atom stereocenters. The fourth-order valence-corrected chi connectivity index (χ4v) is 3.68. The second-order valence-corrected chi connectivity index (χ2v) is 7.61. The third-order valence-corrected chi connectivity index (χ3v) is 5.43. The van der Waals surface area contributed by atoms with Gasteiger partial charge in [0.25, 0.3) is 5.56 Å². The maximum Gasteiger partial charge on any atom is 0.251 e. The number of rotatable bonds is 5. The predicted molar refractivity (Wildman–Crippen MR) is 123 cm³/mol. The molecule has 0 saturated carbocycles. The predicted octanol–water partition coefficient (Wildman–Crippen LogP) is 4.54. The van der Waals surface area contributed by atoms with Crippen LogP contribution < -0.4 is 16.2 Å². The lowest BCUT2D eigenvalue weighted by Gasteiger charge is -2.16. The van der Waals surface area contributed by atoms with Crippen LogP contribution in [-0.4, -0.2) is 16.6 Å². The first-order chi connectivity index (χ1) is 13.4. The molecule has 28 heavy (non-hydrogen) atoms. The summed E-state index contributed by atoms with van der Waals surface area (Å²) in [7, 11) is 0. The molecule has 0 amide bonds. The van der Waals surface area contributed by atoms with Crippen molar-refractivity contribution in [3.05, 3.63) is 74.6 Å². The van der Waals surface area contributed by atoms with Gasteiger partial charge in [-0.2, -0.15) is 0 Å². The molecule has 0 spiro atoms. The molecule has 0 aliphatic rings. The quantitative estimate of drug-likeness (QED) is 0.557. The van der Waals surface area contributed by atoms with Crippen LogP contribution in [-0.2, 0) is 12.8 Å². The maximum absolute atomic E-state index is 12.5. The van der Waals surface area contributed by atoms with Gasteiger partial charge in [-0.15, -0.1) is 0 Å². The van der Waals surface area contributed by atoms with Crippen LogP contribution in [0.2, 0.25) is 0 Å². The Bertz CT molecular complexity index is 1090. The molecule has 1 aromatic heterocycles. The van der Waals surface area contributed by atoms with Gasteiger partial charge >= 0.3 is 0 Å². The third kappa shape index (κ3) is 4.25. The molecule has 1 heterocycles. The van der Waals surface area contributed by atoms with E-state index in [0.29, 0.717) is 18.1 Å². The third-order valence-electron chi connectivity index (χ3n) is 5.18. The van der Waals surface area contributed by atoms with Gasteiger partial charge in [0.1, 0.15) is 0 Å². The highest BCUT2D eigenvalue weighted by Gasteiger charge is 2.09. The SMILES string of the molecule is CCc1cccc(C)c1NC(=S)NCCc1cc2c(C)ccc(C)c2[nH]c1=O. The molecule has 2 aromatic carbocycles. The Morgan fingerprint density at radius 1 is 1.04 bits per heavy atom. The van der Waals surface area contributed by atoms with E-state index in [-0.39, 0.29) is 5.56 Å². The summed E-state index contributed by atoms with van der Waals surface area (Å²) in [6, 6.07) is 12.4. The van der Waals surface area contributed by atoms with Gasteiger partial charge in [0.15, 0.2) is 5.11 Å². The lowest BCUT2D eigenvalue weighted by molar-refractivity contribution is 0.862.